The van der Waals surface area contributed by atoms with Gasteiger partial charge in [-0.15, -0.1) is 0 Å². The van der Waals surface area contributed by atoms with Crippen LogP contribution in [-0.2, 0) is 0 Å². The second kappa shape index (κ2) is 7.46. The lowest BCUT2D eigenvalue weighted by atomic mass is 9.86. The van der Waals surface area contributed by atoms with Crippen LogP contribution in [0.2, 0.25) is 0 Å². The van der Waals surface area contributed by atoms with Crippen molar-refractivity contribution in [3.8, 4) is 11.5 Å². The number of rotatable bonds is 8. The molecule has 1 unspecified atom stereocenters. The summed E-state index contributed by atoms with van der Waals surface area (Å²) in [5, 5.41) is 0. The van der Waals surface area contributed by atoms with Crippen molar-refractivity contribution in [1.29, 1.82) is 0 Å². The van der Waals surface area contributed by atoms with E-state index < -0.39 is 5.54 Å². The van der Waals surface area contributed by atoms with Crippen LogP contribution < -0.4 is 9.47 Å². The molecular weight excluding hydrogens is 266 g/mol. The van der Waals surface area contributed by atoms with Crippen molar-refractivity contribution >= 4 is 5.78 Å². The Balaban J connectivity index is 3.41. The van der Waals surface area contributed by atoms with E-state index in [1.165, 1.54) is 0 Å². The minimum atomic E-state index is -0.564. The molecule has 0 aliphatic carbocycles. The first-order valence-electron chi connectivity index (χ1n) is 7.50. The Bertz CT molecular complexity index is 461. The number of ketones is 1. The highest BCUT2D eigenvalue weighted by Crippen LogP contribution is 2.34. The molecule has 118 valence electrons. The topological polar surface area (TPSA) is 38.8 Å². The molecule has 0 aliphatic rings. The van der Waals surface area contributed by atoms with Crippen molar-refractivity contribution in [2.75, 3.05) is 27.3 Å². The molecule has 4 heteroatoms. The third-order valence-electron chi connectivity index (χ3n) is 4.29. The lowest BCUT2D eigenvalue weighted by Crippen LogP contribution is -2.52. The summed E-state index contributed by atoms with van der Waals surface area (Å²) in [4.78, 5) is 15.4. The van der Waals surface area contributed by atoms with E-state index >= 15 is 0 Å². The van der Waals surface area contributed by atoms with E-state index in [0.29, 0.717) is 17.1 Å². The molecule has 1 rings (SSSR count). The van der Waals surface area contributed by atoms with E-state index in [0.717, 1.165) is 19.5 Å². The standard InChI is InChI=1S/C17H27NO3/c1-7-17(4,18(8-2)9-3)16(19)15-13(20-5)11-10-12-14(15)21-6/h10-12H,7-9H2,1-6H3. The predicted molar refractivity (Wildman–Crippen MR) is 85.5 cm³/mol. The van der Waals surface area contributed by atoms with E-state index in [2.05, 4.69) is 18.7 Å². The first kappa shape index (κ1) is 17.5. The van der Waals surface area contributed by atoms with E-state index in [1.807, 2.05) is 19.9 Å². The van der Waals surface area contributed by atoms with Crippen molar-refractivity contribution < 1.29 is 14.3 Å². The van der Waals surface area contributed by atoms with Crippen molar-refractivity contribution in [2.24, 2.45) is 0 Å². The average molecular weight is 293 g/mol. The first-order valence-corrected chi connectivity index (χ1v) is 7.50. The van der Waals surface area contributed by atoms with Gasteiger partial charge < -0.3 is 9.47 Å². The summed E-state index contributed by atoms with van der Waals surface area (Å²) < 4.78 is 10.8. The Morgan fingerprint density at radius 2 is 1.57 bits per heavy atom. The SMILES string of the molecule is CCN(CC)C(C)(CC)C(=O)c1c(OC)cccc1OC. The number of methoxy groups -OCH3 is 2. The largest absolute Gasteiger partial charge is 0.496 e. The summed E-state index contributed by atoms with van der Waals surface area (Å²) in [5.41, 5.74) is -0.0375. The van der Waals surface area contributed by atoms with Crippen LogP contribution in [0.1, 0.15) is 44.5 Å². The fraction of sp³-hybridized carbons (Fsp3) is 0.588. The van der Waals surface area contributed by atoms with Gasteiger partial charge >= 0.3 is 0 Å². The van der Waals surface area contributed by atoms with Crippen LogP contribution in [0.15, 0.2) is 18.2 Å². The lowest BCUT2D eigenvalue weighted by molar-refractivity contribution is 0.0601. The Hall–Kier alpha value is -1.55. The molecular formula is C17H27NO3. The third kappa shape index (κ3) is 3.21. The molecule has 1 aromatic carbocycles. The van der Waals surface area contributed by atoms with Gasteiger partial charge in [0.25, 0.3) is 0 Å². The second-order valence-electron chi connectivity index (χ2n) is 5.17. The monoisotopic (exact) mass is 293 g/mol. The molecule has 0 spiro atoms. The molecule has 0 fully saturated rings. The first-order chi connectivity index (χ1) is 9.99. The van der Waals surface area contributed by atoms with Crippen molar-refractivity contribution in [1.82, 2.24) is 4.90 Å². The van der Waals surface area contributed by atoms with Crippen molar-refractivity contribution in [2.45, 2.75) is 39.7 Å². The molecule has 1 atom stereocenters. The van der Waals surface area contributed by atoms with Gasteiger partial charge in [-0.2, -0.15) is 0 Å². The highest BCUT2D eigenvalue weighted by atomic mass is 16.5. The maximum atomic E-state index is 13.2. The molecule has 1 aromatic rings. The lowest BCUT2D eigenvalue weighted by Gasteiger charge is -2.38. The molecule has 4 nitrogen and oxygen atoms in total. The Morgan fingerprint density at radius 3 is 1.90 bits per heavy atom. The van der Waals surface area contributed by atoms with E-state index in [4.69, 9.17) is 9.47 Å². The van der Waals surface area contributed by atoms with Gasteiger partial charge in [0.05, 0.1) is 19.8 Å². The highest BCUT2D eigenvalue weighted by molar-refractivity contribution is 6.07. The summed E-state index contributed by atoms with van der Waals surface area (Å²) in [6.07, 6.45) is 0.731. The van der Waals surface area contributed by atoms with Crippen LogP contribution in [0.25, 0.3) is 0 Å². The molecule has 0 N–H and O–H groups in total. The van der Waals surface area contributed by atoms with Gasteiger partial charge in [0.1, 0.15) is 17.1 Å². The van der Waals surface area contributed by atoms with Crippen LogP contribution >= 0.6 is 0 Å². The van der Waals surface area contributed by atoms with E-state index in [-0.39, 0.29) is 5.78 Å². The van der Waals surface area contributed by atoms with E-state index in [1.54, 1.807) is 26.4 Å². The fourth-order valence-corrected chi connectivity index (χ4v) is 2.79. The zero-order chi connectivity index (χ0) is 16.0. The van der Waals surface area contributed by atoms with Gasteiger partial charge in [-0.1, -0.05) is 26.8 Å². The smallest absolute Gasteiger partial charge is 0.190 e. The Morgan fingerprint density at radius 1 is 1.10 bits per heavy atom. The molecule has 0 heterocycles. The molecule has 0 radical (unpaired) electrons. The van der Waals surface area contributed by atoms with Crippen molar-refractivity contribution in [3.63, 3.8) is 0 Å². The number of ether oxygens (including phenoxy) is 2. The summed E-state index contributed by atoms with van der Waals surface area (Å²) in [6.45, 7) is 9.83. The maximum absolute atomic E-state index is 13.2. The quantitative estimate of drug-likeness (QED) is 0.689. The number of benzene rings is 1. The molecule has 0 saturated heterocycles. The predicted octanol–water partition coefficient (Wildman–Crippen LogP) is 3.40. The molecule has 0 aromatic heterocycles. The Labute approximate surface area is 128 Å². The fourth-order valence-electron chi connectivity index (χ4n) is 2.79. The number of likely N-dealkylation sites (N-methyl/N-ethyl adjacent to an activating group) is 1. The zero-order valence-electron chi connectivity index (χ0n) is 14.0. The number of Topliss-reactive ketones (excluding diaryl/α,β-unsaturated/α-hetero) is 1. The second-order valence-corrected chi connectivity index (χ2v) is 5.17. The summed E-state index contributed by atoms with van der Waals surface area (Å²) in [5.74, 6) is 1.17. The maximum Gasteiger partial charge on any atom is 0.190 e. The zero-order valence-corrected chi connectivity index (χ0v) is 14.0. The third-order valence-corrected chi connectivity index (χ3v) is 4.29. The molecule has 0 bridgehead atoms. The van der Waals surface area contributed by atoms with Crippen LogP contribution in [0, 0.1) is 0 Å². The Kier molecular flexibility index (Phi) is 6.21. The van der Waals surface area contributed by atoms with Crippen molar-refractivity contribution in [3.05, 3.63) is 23.8 Å². The normalized spacial score (nSPS) is 13.9. The molecule has 21 heavy (non-hydrogen) atoms. The number of hydrogen-bond acceptors (Lipinski definition) is 4. The molecule has 0 aliphatic heterocycles. The highest BCUT2D eigenvalue weighted by Gasteiger charge is 2.39. The van der Waals surface area contributed by atoms with Crippen LogP contribution in [0.4, 0.5) is 0 Å². The number of nitrogens with zero attached hydrogens (tertiary/aromatic N) is 1. The van der Waals surface area contributed by atoms with Gasteiger partial charge in [0.2, 0.25) is 0 Å². The summed E-state index contributed by atoms with van der Waals surface area (Å²) in [6, 6.07) is 5.43. The van der Waals surface area contributed by atoms with E-state index in [9.17, 15) is 4.79 Å². The molecule has 0 amide bonds. The minimum absolute atomic E-state index is 0.0444. The van der Waals surface area contributed by atoms with Gasteiger partial charge in [-0.05, 0) is 38.6 Å². The van der Waals surface area contributed by atoms with Crippen LogP contribution in [-0.4, -0.2) is 43.5 Å². The number of carbonyl (C=O) groups excluding carboxylic acids is 1. The van der Waals surface area contributed by atoms with Gasteiger partial charge in [0, 0.05) is 0 Å². The van der Waals surface area contributed by atoms with Gasteiger partial charge in [-0.25, -0.2) is 0 Å². The van der Waals surface area contributed by atoms with Gasteiger partial charge in [-0.3, -0.25) is 9.69 Å². The van der Waals surface area contributed by atoms with Gasteiger partial charge in [0.15, 0.2) is 5.78 Å². The number of hydrogen-bond donors (Lipinski definition) is 0. The van der Waals surface area contributed by atoms with Crippen LogP contribution in [0.3, 0.4) is 0 Å². The summed E-state index contributed by atoms with van der Waals surface area (Å²) in [7, 11) is 3.15. The molecule has 0 saturated carbocycles. The summed E-state index contributed by atoms with van der Waals surface area (Å²) >= 11 is 0. The number of carbonyl (C=O) groups is 1. The average Bonchev–Trinajstić information content (AvgIpc) is 2.53. The minimum Gasteiger partial charge on any atom is -0.496 e. The van der Waals surface area contributed by atoms with Crippen LogP contribution in [0.5, 0.6) is 11.5 Å².